The Balaban J connectivity index is 1.92. The third kappa shape index (κ3) is 2.36. The van der Waals surface area contributed by atoms with E-state index >= 15 is 0 Å². The van der Waals surface area contributed by atoms with Crippen molar-refractivity contribution in [3.05, 3.63) is 18.2 Å². The van der Waals surface area contributed by atoms with Crippen LogP contribution in [0.5, 0.6) is 0 Å². The predicted molar refractivity (Wildman–Crippen MR) is 54.4 cm³/mol. The van der Waals surface area contributed by atoms with Gasteiger partial charge in [-0.1, -0.05) is 0 Å². The molecule has 5 heteroatoms. The van der Waals surface area contributed by atoms with E-state index in [-0.39, 0.29) is 0 Å². The number of rotatable bonds is 5. The van der Waals surface area contributed by atoms with Crippen LogP contribution in [-0.2, 0) is 11.3 Å². The molecular weight excluding hydrogens is 194 g/mol. The molecule has 1 heterocycles. The van der Waals surface area contributed by atoms with Crippen molar-refractivity contribution in [1.82, 2.24) is 14.9 Å². The van der Waals surface area contributed by atoms with Crippen LogP contribution in [0, 0.1) is 0 Å². The van der Waals surface area contributed by atoms with Gasteiger partial charge in [0.05, 0.1) is 12.0 Å². The number of nitrogens with one attached hydrogen (secondary N) is 1. The number of hydrogen-bond acceptors (Lipinski definition) is 3. The van der Waals surface area contributed by atoms with Crippen LogP contribution < -0.4 is 5.32 Å². The van der Waals surface area contributed by atoms with Gasteiger partial charge in [0.25, 0.3) is 0 Å². The van der Waals surface area contributed by atoms with E-state index < -0.39 is 12.0 Å². The highest BCUT2D eigenvalue weighted by Crippen LogP contribution is 2.35. The first-order valence-electron chi connectivity index (χ1n) is 5.15. The monoisotopic (exact) mass is 209 g/mol. The highest BCUT2D eigenvalue weighted by atomic mass is 16.4. The zero-order chi connectivity index (χ0) is 10.8. The summed E-state index contributed by atoms with van der Waals surface area (Å²) >= 11 is 0. The van der Waals surface area contributed by atoms with Gasteiger partial charge >= 0.3 is 5.97 Å². The first-order valence-corrected chi connectivity index (χ1v) is 5.15. The van der Waals surface area contributed by atoms with E-state index in [0.717, 1.165) is 5.69 Å². The second-order valence-corrected chi connectivity index (χ2v) is 3.96. The van der Waals surface area contributed by atoms with Crippen molar-refractivity contribution in [2.75, 3.05) is 0 Å². The number of aromatic nitrogens is 2. The van der Waals surface area contributed by atoms with Gasteiger partial charge in [-0.25, -0.2) is 4.98 Å². The lowest BCUT2D eigenvalue weighted by Gasteiger charge is -2.10. The zero-order valence-electron chi connectivity index (χ0n) is 8.68. The van der Waals surface area contributed by atoms with Crippen LogP contribution in [0.2, 0.25) is 0 Å². The normalized spacial score (nSPS) is 17.7. The molecule has 15 heavy (non-hydrogen) atoms. The molecule has 1 aromatic rings. The molecule has 0 saturated heterocycles. The Bertz CT molecular complexity index is 357. The summed E-state index contributed by atoms with van der Waals surface area (Å²) in [6.07, 6.45) is 6.02. The maximum atomic E-state index is 10.6. The molecule has 0 aliphatic heterocycles. The molecule has 1 atom stereocenters. The molecule has 1 fully saturated rings. The summed E-state index contributed by atoms with van der Waals surface area (Å²) in [5, 5.41) is 11.7. The third-order valence-electron chi connectivity index (χ3n) is 2.65. The third-order valence-corrected chi connectivity index (χ3v) is 2.65. The first kappa shape index (κ1) is 10.2. The molecule has 0 unspecified atom stereocenters. The lowest BCUT2D eigenvalue weighted by atomic mass is 10.3. The minimum absolute atomic E-state index is 0.521. The molecule has 82 valence electrons. The fourth-order valence-corrected chi connectivity index (χ4v) is 1.50. The predicted octanol–water partition coefficient (Wildman–Crippen LogP) is 0.781. The van der Waals surface area contributed by atoms with Crippen LogP contribution >= 0.6 is 0 Å². The molecule has 5 nitrogen and oxygen atoms in total. The van der Waals surface area contributed by atoms with Crippen LogP contribution in [0.25, 0.3) is 0 Å². The summed E-state index contributed by atoms with van der Waals surface area (Å²) in [4.78, 5) is 14.7. The van der Waals surface area contributed by atoms with Gasteiger partial charge < -0.3 is 9.67 Å². The van der Waals surface area contributed by atoms with Gasteiger partial charge in [-0.05, 0) is 19.8 Å². The van der Waals surface area contributed by atoms with Gasteiger partial charge in [0.1, 0.15) is 6.04 Å². The molecule has 1 aliphatic carbocycles. The van der Waals surface area contributed by atoms with E-state index in [0.29, 0.717) is 12.6 Å². The lowest BCUT2D eigenvalue weighted by molar-refractivity contribution is -0.139. The van der Waals surface area contributed by atoms with Crippen molar-refractivity contribution < 1.29 is 9.90 Å². The van der Waals surface area contributed by atoms with Crippen molar-refractivity contribution in [3.63, 3.8) is 0 Å². The van der Waals surface area contributed by atoms with Gasteiger partial charge in [0.15, 0.2) is 0 Å². The SMILES string of the molecule is C[C@@H](NCc1cncn1C1CC1)C(=O)O. The van der Waals surface area contributed by atoms with E-state index in [1.54, 1.807) is 13.1 Å². The Morgan fingerprint density at radius 1 is 1.80 bits per heavy atom. The molecule has 2 N–H and O–H groups in total. The van der Waals surface area contributed by atoms with Crippen LogP contribution in [-0.4, -0.2) is 26.7 Å². The average Bonchev–Trinajstić information content (AvgIpc) is 2.94. The molecule has 1 aliphatic rings. The van der Waals surface area contributed by atoms with Crippen LogP contribution in [0.3, 0.4) is 0 Å². The number of carboxylic acids is 1. The molecule has 0 bridgehead atoms. The van der Waals surface area contributed by atoms with Crippen LogP contribution in [0.1, 0.15) is 31.5 Å². The zero-order valence-corrected chi connectivity index (χ0v) is 8.68. The molecule has 0 aromatic carbocycles. The molecule has 0 amide bonds. The second-order valence-electron chi connectivity index (χ2n) is 3.96. The maximum absolute atomic E-state index is 10.6. The largest absolute Gasteiger partial charge is 0.480 e. The van der Waals surface area contributed by atoms with Gasteiger partial charge in [0, 0.05) is 18.8 Å². The number of carbonyl (C=O) groups is 1. The number of carboxylic acid groups (broad SMARTS) is 1. The fourth-order valence-electron chi connectivity index (χ4n) is 1.50. The topological polar surface area (TPSA) is 67.2 Å². The van der Waals surface area contributed by atoms with Gasteiger partial charge in [0.2, 0.25) is 0 Å². The summed E-state index contributed by atoms with van der Waals surface area (Å²) in [5.74, 6) is -0.826. The molecule has 0 spiro atoms. The molecule has 1 aromatic heterocycles. The molecule has 0 radical (unpaired) electrons. The molecular formula is C10H15N3O2. The first-order chi connectivity index (χ1) is 7.18. The van der Waals surface area contributed by atoms with E-state index in [9.17, 15) is 4.79 Å². The Hall–Kier alpha value is -1.36. The quantitative estimate of drug-likeness (QED) is 0.752. The van der Waals surface area contributed by atoms with Crippen molar-refractivity contribution >= 4 is 5.97 Å². The molecule has 1 saturated carbocycles. The van der Waals surface area contributed by atoms with Gasteiger partial charge in [-0.15, -0.1) is 0 Å². The second kappa shape index (κ2) is 4.02. The standard InChI is InChI=1S/C10H15N3O2/c1-7(10(14)15)12-5-9-4-11-6-13(9)8-2-3-8/h4,6-8,12H,2-3,5H2,1H3,(H,14,15)/t7-/m1/s1. The van der Waals surface area contributed by atoms with E-state index in [1.807, 2.05) is 6.33 Å². The maximum Gasteiger partial charge on any atom is 0.320 e. The van der Waals surface area contributed by atoms with Gasteiger partial charge in [-0.3, -0.25) is 10.1 Å². The number of nitrogens with zero attached hydrogens (tertiary/aromatic N) is 2. The Labute approximate surface area is 88.1 Å². The summed E-state index contributed by atoms with van der Waals surface area (Å²) in [6, 6.07) is 0.0667. The summed E-state index contributed by atoms with van der Waals surface area (Å²) in [7, 11) is 0. The van der Waals surface area contributed by atoms with Crippen molar-refractivity contribution in [1.29, 1.82) is 0 Å². The summed E-state index contributed by atoms with van der Waals surface area (Å²) < 4.78 is 2.13. The average molecular weight is 209 g/mol. The lowest BCUT2D eigenvalue weighted by Crippen LogP contribution is -2.33. The minimum atomic E-state index is -0.826. The number of hydrogen-bond donors (Lipinski definition) is 2. The Morgan fingerprint density at radius 3 is 3.13 bits per heavy atom. The van der Waals surface area contributed by atoms with E-state index in [4.69, 9.17) is 5.11 Å². The summed E-state index contributed by atoms with van der Waals surface area (Å²) in [5.41, 5.74) is 1.06. The number of imidazole rings is 1. The Morgan fingerprint density at radius 2 is 2.53 bits per heavy atom. The van der Waals surface area contributed by atoms with Crippen LogP contribution in [0.15, 0.2) is 12.5 Å². The smallest absolute Gasteiger partial charge is 0.320 e. The van der Waals surface area contributed by atoms with Crippen molar-refractivity contribution in [2.45, 2.75) is 38.4 Å². The Kier molecular flexibility index (Phi) is 2.73. The van der Waals surface area contributed by atoms with Crippen molar-refractivity contribution in [3.8, 4) is 0 Å². The van der Waals surface area contributed by atoms with E-state index in [2.05, 4.69) is 14.9 Å². The van der Waals surface area contributed by atoms with E-state index in [1.165, 1.54) is 12.8 Å². The number of aliphatic carboxylic acids is 1. The molecule has 2 rings (SSSR count). The van der Waals surface area contributed by atoms with Crippen LogP contribution in [0.4, 0.5) is 0 Å². The fraction of sp³-hybridized carbons (Fsp3) is 0.600. The highest BCUT2D eigenvalue weighted by molar-refractivity contribution is 5.72. The highest BCUT2D eigenvalue weighted by Gasteiger charge is 2.25. The summed E-state index contributed by atoms with van der Waals surface area (Å²) in [6.45, 7) is 2.20. The minimum Gasteiger partial charge on any atom is -0.480 e. The van der Waals surface area contributed by atoms with Gasteiger partial charge in [-0.2, -0.15) is 0 Å². The van der Waals surface area contributed by atoms with Crippen molar-refractivity contribution in [2.24, 2.45) is 0 Å².